The van der Waals surface area contributed by atoms with Crippen molar-refractivity contribution in [2.24, 2.45) is 0 Å². The van der Waals surface area contributed by atoms with Crippen molar-refractivity contribution in [1.29, 1.82) is 0 Å². The van der Waals surface area contributed by atoms with Crippen LogP contribution in [0.2, 0.25) is 0 Å². The highest BCUT2D eigenvalue weighted by atomic mass is 32.2. The summed E-state index contributed by atoms with van der Waals surface area (Å²) in [4.78, 5) is 17.5. The van der Waals surface area contributed by atoms with Crippen molar-refractivity contribution in [2.45, 2.75) is 24.7 Å². The monoisotopic (exact) mass is 434 g/mol. The summed E-state index contributed by atoms with van der Waals surface area (Å²) in [5.74, 6) is -0.731. The van der Waals surface area contributed by atoms with E-state index in [-0.39, 0.29) is 16.8 Å². The van der Waals surface area contributed by atoms with Crippen molar-refractivity contribution < 1.29 is 17.6 Å². The minimum absolute atomic E-state index is 0.157. The number of fused-ring (bicyclic) bond motifs is 1. The van der Waals surface area contributed by atoms with E-state index in [1.807, 2.05) is 50.2 Å². The van der Waals surface area contributed by atoms with Gasteiger partial charge in [-0.05, 0) is 60.4 Å². The average molecular weight is 435 g/mol. The Morgan fingerprint density at radius 2 is 1.71 bits per heavy atom. The number of aryl methyl sites for hydroxylation is 1. The Hall–Kier alpha value is -3.45. The molecular weight excluding hydrogens is 412 g/mol. The molecular formula is C24H22N2O4S. The van der Waals surface area contributed by atoms with Crippen LogP contribution in [-0.4, -0.2) is 25.6 Å². The number of anilines is 1. The molecule has 0 spiro atoms. The predicted molar refractivity (Wildman–Crippen MR) is 121 cm³/mol. The smallest absolute Gasteiger partial charge is 0.302 e. The number of carbonyl (C=O) groups is 1. The third-order valence-corrected chi connectivity index (χ3v) is 6.39. The fraction of sp³-hybridized carbons (Fsp3) is 0.167. The van der Waals surface area contributed by atoms with Gasteiger partial charge in [-0.1, -0.05) is 42.5 Å². The van der Waals surface area contributed by atoms with Crippen molar-refractivity contribution in [3.8, 4) is 11.1 Å². The summed E-state index contributed by atoms with van der Waals surface area (Å²) in [5.41, 5.74) is 4.86. The number of aromatic nitrogens is 1. The van der Waals surface area contributed by atoms with Gasteiger partial charge < -0.3 is 4.42 Å². The normalized spacial score (nSPS) is 12.6. The zero-order chi connectivity index (χ0) is 22.2. The Labute approximate surface area is 180 Å². The van der Waals surface area contributed by atoms with Crippen LogP contribution in [0.25, 0.3) is 22.2 Å². The molecule has 1 atom stereocenters. The number of hydrogen-bond donors (Lipinski definition) is 1. The second-order valence-electron chi connectivity index (χ2n) is 7.53. The maximum atomic E-state index is 13.0. The van der Waals surface area contributed by atoms with Crippen LogP contribution < -0.4 is 5.32 Å². The highest BCUT2D eigenvalue weighted by Crippen LogP contribution is 2.33. The lowest BCUT2D eigenvalue weighted by atomic mass is 9.88. The van der Waals surface area contributed by atoms with Crippen molar-refractivity contribution >= 4 is 32.9 Å². The van der Waals surface area contributed by atoms with Gasteiger partial charge in [0.05, 0.1) is 10.8 Å². The van der Waals surface area contributed by atoms with Crippen LogP contribution in [0.15, 0.2) is 76.0 Å². The molecule has 0 saturated carbocycles. The lowest BCUT2D eigenvalue weighted by Gasteiger charge is -2.18. The fourth-order valence-corrected chi connectivity index (χ4v) is 4.23. The zero-order valence-corrected chi connectivity index (χ0v) is 18.2. The second kappa shape index (κ2) is 8.00. The van der Waals surface area contributed by atoms with E-state index in [0.717, 1.165) is 22.3 Å². The molecule has 3 aromatic carbocycles. The van der Waals surface area contributed by atoms with E-state index in [1.54, 1.807) is 30.3 Å². The lowest BCUT2D eigenvalue weighted by molar-refractivity contribution is -0.117. The average Bonchev–Trinajstić information content (AvgIpc) is 3.14. The van der Waals surface area contributed by atoms with Gasteiger partial charge in [0.25, 0.3) is 0 Å². The Morgan fingerprint density at radius 1 is 1.00 bits per heavy atom. The van der Waals surface area contributed by atoms with Gasteiger partial charge in [0.2, 0.25) is 5.91 Å². The molecule has 0 radical (unpaired) electrons. The molecule has 158 valence electrons. The predicted octanol–water partition coefficient (Wildman–Crippen LogP) is 4.95. The van der Waals surface area contributed by atoms with E-state index in [0.29, 0.717) is 11.1 Å². The first-order valence-electron chi connectivity index (χ1n) is 9.80. The van der Waals surface area contributed by atoms with Crippen LogP contribution in [-0.2, 0) is 14.6 Å². The molecule has 0 saturated heterocycles. The molecule has 0 aliphatic heterocycles. The van der Waals surface area contributed by atoms with Crippen LogP contribution in [0.3, 0.4) is 0 Å². The molecule has 1 aromatic heterocycles. The first kappa shape index (κ1) is 20.8. The Balaban J connectivity index is 1.66. The van der Waals surface area contributed by atoms with Crippen molar-refractivity contribution in [3.05, 3.63) is 77.9 Å². The first-order chi connectivity index (χ1) is 14.7. The minimum atomic E-state index is -3.28. The fourth-order valence-electron chi connectivity index (χ4n) is 3.59. The maximum absolute atomic E-state index is 13.0. The zero-order valence-electron chi connectivity index (χ0n) is 17.4. The van der Waals surface area contributed by atoms with Crippen LogP contribution in [0.4, 0.5) is 6.01 Å². The van der Waals surface area contributed by atoms with E-state index in [4.69, 9.17) is 4.42 Å². The molecule has 1 unspecified atom stereocenters. The summed E-state index contributed by atoms with van der Waals surface area (Å²) in [6, 6.07) is 20.0. The van der Waals surface area contributed by atoms with Crippen LogP contribution in [0.5, 0.6) is 0 Å². The largest absolute Gasteiger partial charge is 0.423 e. The van der Waals surface area contributed by atoms with Gasteiger partial charge in [-0.15, -0.1) is 0 Å². The van der Waals surface area contributed by atoms with E-state index >= 15 is 0 Å². The maximum Gasteiger partial charge on any atom is 0.302 e. The number of carbonyl (C=O) groups excluding carboxylic acids is 1. The van der Waals surface area contributed by atoms with E-state index < -0.39 is 15.8 Å². The molecule has 4 aromatic rings. The number of nitrogens with one attached hydrogen (secondary N) is 1. The number of nitrogens with zero attached hydrogens (tertiary/aromatic N) is 1. The van der Waals surface area contributed by atoms with Gasteiger partial charge in [-0.3, -0.25) is 10.1 Å². The van der Waals surface area contributed by atoms with E-state index in [1.165, 1.54) is 6.26 Å². The van der Waals surface area contributed by atoms with Gasteiger partial charge in [0, 0.05) is 6.26 Å². The number of rotatable bonds is 5. The highest BCUT2D eigenvalue weighted by molar-refractivity contribution is 7.90. The van der Waals surface area contributed by atoms with Crippen molar-refractivity contribution in [2.75, 3.05) is 11.6 Å². The Kier molecular flexibility index (Phi) is 5.37. The standard InChI is InChI=1S/C24H22N2O4S/c1-15-7-6-8-19(22(15)17-11-13-18(14-12-17)31(3,28)29)16(2)23(27)26-24-25-20-9-4-5-10-21(20)30-24/h4-14,16H,1-3H3,(H,25,26,27). The van der Waals surface area contributed by atoms with Gasteiger partial charge in [0.1, 0.15) is 5.52 Å². The van der Waals surface area contributed by atoms with Gasteiger partial charge in [-0.25, -0.2) is 8.42 Å². The molecule has 1 heterocycles. The summed E-state index contributed by atoms with van der Waals surface area (Å²) in [6.07, 6.45) is 1.18. The molecule has 4 rings (SSSR count). The number of oxazole rings is 1. The summed E-state index contributed by atoms with van der Waals surface area (Å²) < 4.78 is 29.2. The van der Waals surface area contributed by atoms with Crippen LogP contribution in [0.1, 0.15) is 24.0 Å². The third kappa shape index (κ3) is 4.22. The van der Waals surface area contributed by atoms with Crippen LogP contribution >= 0.6 is 0 Å². The summed E-state index contributed by atoms with van der Waals surface area (Å²) in [7, 11) is -3.28. The van der Waals surface area contributed by atoms with Gasteiger partial charge >= 0.3 is 6.01 Å². The first-order valence-corrected chi connectivity index (χ1v) is 11.7. The second-order valence-corrected chi connectivity index (χ2v) is 9.55. The van der Waals surface area contributed by atoms with E-state index in [2.05, 4.69) is 10.3 Å². The number of amides is 1. The number of sulfone groups is 1. The Bertz CT molecular complexity index is 1340. The molecule has 1 amide bonds. The lowest BCUT2D eigenvalue weighted by Crippen LogP contribution is -2.19. The third-order valence-electron chi connectivity index (χ3n) is 5.26. The highest BCUT2D eigenvalue weighted by Gasteiger charge is 2.22. The quantitative estimate of drug-likeness (QED) is 0.480. The topological polar surface area (TPSA) is 89.3 Å². The summed E-state index contributed by atoms with van der Waals surface area (Å²) >= 11 is 0. The summed E-state index contributed by atoms with van der Waals surface area (Å²) in [6.45, 7) is 3.79. The number of para-hydroxylation sites is 2. The van der Waals surface area contributed by atoms with Gasteiger partial charge in [-0.2, -0.15) is 4.98 Å². The molecule has 7 heteroatoms. The SMILES string of the molecule is Cc1cccc(C(C)C(=O)Nc2nc3ccccc3o2)c1-c1ccc(S(C)(=O)=O)cc1. The summed E-state index contributed by atoms with van der Waals surface area (Å²) in [5, 5.41) is 2.76. The number of benzene rings is 3. The molecule has 0 aliphatic carbocycles. The van der Waals surface area contributed by atoms with E-state index in [9.17, 15) is 13.2 Å². The van der Waals surface area contributed by atoms with Crippen molar-refractivity contribution in [1.82, 2.24) is 4.98 Å². The molecule has 0 fully saturated rings. The molecule has 1 N–H and O–H groups in total. The Morgan fingerprint density at radius 3 is 2.39 bits per heavy atom. The molecule has 6 nitrogen and oxygen atoms in total. The number of hydrogen-bond acceptors (Lipinski definition) is 5. The van der Waals surface area contributed by atoms with Crippen LogP contribution in [0, 0.1) is 6.92 Å². The molecule has 0 bridgehead atoms. The molecule has 0 aliphatic rings. The van der Waals surface area contributed by atoms with Crippen molar-refractivity contribution in [3.63, 3.8) is 0 Å². The minimum Gasteiger partial charge on any atom is -0.423 e. The van der Waals surface area contributed by atoms with Gasteiger partial charge in [0.15, 0.2) is 15.4 Å². The molecule has 31 heavy (non-hydrogen) atoms.